The van der Waals surface area contributed by atoms with E-state index in [1.54, 1.807) is 12.1 Å². The van der Waals surface area contributed by atoms with E-state index in [0.29, 0.717) is 6.42 Å². The number of carbonyl (C=O) groups is 4. The van der Waals surface area contributed by atoms with Crippen molar-refractivity contribution in [3.63, 3.8) is 0 Å². The van der Waals surface area contributed by atoms with Crippen molar-refractivity contribution in [2.24, 2.45) is 50.2 Å². The molecule has 0 aliphatic heterocycles. The van der Waals surface area contributed by atoms with Crippen molar-refractivity contribution in [3.8, 4) is 0 Å². The number of hydrogen-bond acceptors (Lipinski definition) is 6. The summed E-state index contributed by atoms with van der Waals surface area (Å²) in [5, 5.41) is 9.65. The fourth-order valence-electron chi connectivity index (χ4n) is 11.8. The van der Waals surface area contributed by atoms with Gasteiger partial charge in [-0.2, -0.15) is 0 Å². The molecule has 4 fully saturated rings. The van der Waals surface area contributed by atoms with Crippen molar-refractivity contribution < 1.29 is 33.8 Å². The molecule has 0 bridgehead atoms. The van der Waals surface area contributed by atoms with Crippen molar-refractivity contribution in [2.75, 3.05) is 7.11 Å². The molecule has 0 radical (unpaired) electrons. The normalized spacial score (nSPS) is 42.7. The van der Waals surface area contributed by atoms with E-state index in [2.05, 4.69) is 41.5 Å². The number of esters is 2. The lowest BCUT2D eigenvalue weighted by Crippen LogP contribution is -2.66. The number of benzene rings is 1. The standard InChI is InChI=1S/C39H52O7/c1-34(2)28-13-16-39(7)30(37(28,5)15-14-29(34)46-32(43)24-12-10-9-11-23(24)31(41)42)27(40)21-25-26-22-36(4,33(44)45-8)18-17-35(26,3)19-20-38(25,39)6/h9-12,21,26,28-30H,13-20,22H2,1-8H3,(H,41,42). The van der Waals surface area contributed by atoms with Crippen LogP contribution in [-0.4, -0.2) is 42.0 Å². The minimum Gasteiger partial charge on any atom is -0.478 e. The van der Waals surface area contributed by atoms with Crippen molar-refractivity contribution in [1.29, 1.82) is 0 Å². The molecule has 1 N–H and O–H groups in total. The fourth-order valence-corrected chi connectivity index (χ4v) is 11.8. The van der Waals surface area contributed by atoms with Gasteiger partial charge in [0.15, 0.2) is 5.78 Å². The van der Waals surface area contributed by atoms with E-state index in [0.717, 1.165) is 51.4 Å². The lowest BCUT2D eigenvalue weighted by Gasteiger charge is -2.70. The van der Waals surface area contributed by atoms with Crippen LogP contribution in [0.3, 0.4) is 0 Å². The molecule has 0 heterocycles. The van der Waals surface area contributed by atoms with Crippen LogP contribution in [0.1, 0.15) is 127 Å². The number of rotatable bonds is 4. The van der Waals surface area contributed by atoms with Gasteiger partial charge in [0.05, 0.1) is 23.7 Å². The maximum Gasteiger partial charge on any atom is 0.339 e. The molecule has 6 rings (SSSR count). The van der Waals surface area contributed by atoms with E-state index < -0.39 is 28.9 Å². The number of ketones is 1. The summed E-state index contributed by atoms with van der Waals surface area (Å²) in [6, 6.07) is 6.20. The molecule has 7 heteroatoms. The van der Waals surface area contributed by atoms with Gasteiger partial charge < -0.3 is 14.6 Å². The van der Waals surface area contributed by atoms with Crippen LogP contribution in [0.5, 0.6) is 0 Å². The average molecular weight is 633 g/mol. The Labute approximate surface area is 273 Å². The highest BCUT2D eigenvalue weighted by Gasteiger charge is 2.70. The summed E-state index contributed by atoms with van der Waals surface area (Å²) in [7, 11) is 1.48. The van der Waals surface area contributed by atoms with E-state index in [1.165, 1.54) is 24.8 Å². The molecule has 250 valence electrons. The Hall–Kier alpha value is -2.96. The SMILES string of the molecule is COC(=O)C1(C)CCC2(C)CCC3(C)C(=CC(=O)C4C5(C)CCC(OC(=O)c6ccccc6C(=O)O)C(C)(C)C5CCC43C)C2C1. The molecule has 1 aromatic carbocycles. The van der Waals surface area contributed by atoms with Crippen LogP contribution in [0.4, 0.5) is 0 Å². The summed E-state index contributed by atoms with van der Waals surface area (Å²) in [5.41, 5.74) is -0.305. The van der Waals surface area contributed by atoms with Gasteiger partial charge in [-0.3, -0.25) is 9.59 Å². The number of ether oxygens (including phenoxy) is 2. The third-order valence-electron chi connectivity index (χ3n) is 14.8. The average Bonchev–Trinajstić information content (AvgIpc) is 2.99. The second-order valence-electron chi connectivity index (χ2n) is 17.3. The van der Waals surface area contributed by atoms with E-state index in [1.807, 2.05) is 13.0 Å². The van der Waals surface area contributed by atoms with Crippen LogP contribution in [0, 0.1) is 50.2 Å². The predicted molar refractivity (Wildman–Crippen MR) is 174 cm³/mol. The molecular weight excluding hydrogens is 580 g/mol. The first kappa shape index (κ1) is 33.0. The van der Waals surface area contributed by atoms with Gasteiger partial charge in [-0.15, -0.1) is 0 Å². The first-order chi connectivity index (χ1) is 21.4. The minimum absolute atomic E-state index is 0.0588. The monoisotopic (exact) mass is 632 g/mol. The second kappa shape index (κ2) is 10.5. The van der Waals surface area contributed by atoms with Crippen molar-refractivity contribution in [3.05, 3.63) is 47.0 Å². The highest BCUT2D eigenvalue weighted by atomic mass is 16.5. The Morgan fingerprint density at radius 1 is 0.848 bits per heavy atom. The number of aromatic carboxylic acids is 1. The molecule has 0 aromatic heterocycles. The second-order valence-corrected chi connectivity index (χ2v) is 17.3. The lowest BCUT2D eigenvalue weighted by atomic mass is 9.33. The number of methoxy groups -OCH3 is 1. The summed E-state index contributed by atoms with van der Waals surface area (Å²) < 4.78 is 11.4. The number of carboxylic acids is 1. The van der Waals surface area contributed by atoms with Gasteiger partial charge in [-0.1, -0.05) is 59.2 Å². The van der Waals surface area contributed by atoms with Gasteiger partial charge in [0, 0.05) is 11.3 Å². The Balaban J connectivity index is 1.33. The van der Waals surface area contributed by atoms with Crippen LogP contribution in [0.2, 0.25) is 0 Å². The topological polar surface area (TPSA) is 107 Å². The summed E-state index contributed by atoms with van der Waals surface area (Å²) in [6.45, 7) is 15.8. The fraction of sp³-hybridized carbons (Fsp3) is 0.692. The predicted octanol–water partition coefficient (Wildman–Crippen LogP) is 8.06. The molecule has 1 aromatic rings. The molecule has 7 nitrogen and oxygen atoms in total. The third-order valence-corrected chi connectivity index (χ3v) is 14.8. The molecule has 9 atom stereocenters. The van der Waals surface area contributed by atoms with Crippen LogP contribution in [0.25, 0.3) is 0 Å². The first-order valence-corrected chi connectivity index (χ1v) is 17.3. The van der Waals surface area contributed by atoms with Crippen molar-refractivity contribution in [2.45, 2.75) is 112 Å². The molecule has 5 aliphatic carbocycles. The Bertz CT molecular complexity index is 1520. The Kier molecular flexibility index (Phi) is 7.54. The van der Waals surface area contributed by atoms with E-state index >= 15 is 0 Å². The summed E-state index contributed by atoms with van der Waals surface area (Å²) in [5.74, 6) is -1.53. The molecule has 5 aliphatic rings. The van der Waals surface area contributed by atoms with Gasteiger partial charge in [0.25, 0.3) is 0 Å². The Morgan fingerprint density at radius 2 is 1.50 bits per heavy atom. The number of carboxylic acid groups (broad SMARTS) is 1. The molecule has 4 saturated carbocycles. The smallest absolute Gasteiger partial charge is 0.339 e. The first-order valence-electron chi connectivity index (χ1n) is 17.3. The molecule has 46 heavy (non-hydrogen) atoms. The van der Waals surface area contributed by atoms with Gasteiger partial charge in [-0.25, -0.2) is 9.59 Å². The maximum atomic E-state index is 14.7. The summed E-state index contributed by atoms with van der Waals surface area (Å²) in [4.78, 5) is 52.8. The van der Waals surface area contributed by atoms with Crippen LogP contribution < -0.4 is 0 Å². The van der Waals surface area contributed by atoms with Crippen molar-refractivity contribution in [1.82, 2.24) is 0 Å². The molecule has 0 spiro atoms. The largest absolute Gasteiger partial charge is 0.478 e. The molecular formula is C39H52O7. The number of allylic oxidation sites excluding steroid dienone is 2. The highest BCUT2D eigenvalue weighted by Crippen LogP contribution is 2.75. The quantitative estimate of drug-likeness (QED) is 0.335. The van der Waals surface area contributed by atoms with Crippen LogP contribution in [0.15, 0.2) is 35.9 Å². The molecule has 9 unspecified atom stereocenters. The maximum absolute atomic E-state index is 14.7. The molecule has 0 amide bonds. The van der Waals surface area contributed by atoms with E-state index in [9.17, 15) is 24.3 Å². The zero-order valence-electron chi connectivity index (χ0n) is 29.0. The zero-order valence-corrected chi connectivity index (χ0v) is 29.0. The number of fused-ring (bicyclic) bond motifs is 7. The molecule has 0 saturated heterocycles. The van der Waals surface area contributed by atoms with Gasteiger partial charge >= 0.3 is 17.9 Å². The van der Waals surface area contributed by atoms with Gasteiger partial charge in [0.2, 0.25) is 0 Å². The Morgan fingerprint density at radius 3 is 2.15 bits per heavy atom. The van der Waals surface area contributed by atoms with Crippen LogP contribution in [-0.2, 0) is 19.1 Å². The van der Waals surface area contributed by atoms with Gasteiger partial charge in [-0.05, 0) is 116 Å². The summed E-state index contributed by atoms with van der Waals surface area (Å²) >= 11 is 0. The minimum atomic E-state index is -1.16. The van der Waals surface area contributed by atoms with Crippen molar-refractivity contribution >= 4 is 23.7 Å². The van der Waals surface area contributed by atoms with Gasteiger partial charge in [0.1, 0.15) is 6.10 Å². The van der Waals surface area contributed by atoms with E-state index in [4.69, 9.17) is 9.47 Å². The van der Waals surface area contributed by atoms with E-state index in [-0.39, 0.29) is 62.3 Å². The van der Waals surface area contributed by atoms with Crippen LogP contribution >= 0.6 is 0 Å². The summed E-state index contributed by atoms with van der Waals surface area (Å²) in [6.07, 6.45) is 9.44. The number of carbonyl (C=O) groups excluding carboxylic acids is 3. The highest BCUT2D eigenvalue weighted by molar-refractivity contribution is 6.02. The lowest BCUT2D eigenvalue weighted by molar-refractivity contribution is -0.202. The number of hydrogen-bond donors (Lipinski definition) is 1. The third kappa shape index (κ3) is 4.42. The zero-order chi connectivity index (χ0) is 33.7.